The molecule has 3 atom stereocenters. The van der Waals surface area contributed by atoms with Crippen LogP contribution in [0, 0.1) is 23.2 Å². The van der Waals surface area contributed by atoms with Crippen LogP contribution in [0.2, 0.25) is 0 Å². The molecule has 10 heteroatoms. The summed E-state index contributed by atoms with van der Waals surface area (Å²) in [5, 5.41) is 27.2. The molecule has 0 aromatic carbocycles. The Labute approximate surface area is 234 Å². The molecular formula is C30H38N6O4. The zero-order valence-corrected chi connectivity index (χ0v) is 24.1. The van der Waals surface area contributed by atoms with E-state index >= 15 is 0 Å². The van der Waals surface area contributed by atoms with E-state index in [1.807, 2.05) is 45.2 Å². The van der Waals surface area contributed by atoms with E-state index in [1.54, 1.807) is 24.6 Å². The van der Waals surface area contributed by atoms with Crippen LogP contribution in [-0.2, 0) is 4.74 Å². The van der Waals surface area contributed by atoms with E-state index in [9.17, 15) is 15.2 Å². The van der Waals surface area contributed by atoms with Gasteiger partial charge in [-0.25, -0.2) is 14.3 Å². The van der Waals surface area contributed by atoms with E-state index < -0.39 is 11.2 Å². The lowest BCUT2D eigenvalue weighted by Gasteiger charge is -2.30. The molecule has 1 saturated heterocycles. The molecule has 4 heterocycles. The summed E-state index contributed by atoms with van der Waals surface area (Å²) in [4.78, 5) is 19.5. The maximum atomic E-state index is 12.4. The molecule has 40 heavy (non-hydrogen) atoms. The highest BCUT2D eigenvalue weighted by Crippen LogP contribution is 2.45. The van der Waals surface area contributed by atoms with Gasteiger partial charge in [0.15, 0.2) is 0 Å². The lowest BCUT2D eigenvalue weighted by atomic mass is 9.98. The van der Waals surface area contributed by atoms with Crippen molar-refractivity contribution in [1.29, 1.82) is 5.26 Å². The maximum absolute atomic E-state index is 12.4. The number of fused-ring (bicyclic) bond motifs is 2. The van der Waals surface area contributed by atoms with Crippen LogP contribution in [0.4, 0.5) is 10.6 Å². The van der Waals surface area contributed by atoms with Crippen LogP contribution < -0.4 is 15.0 Å². The van der Waals surface area contributed by atoms with Crippen molar-refractivity contribution in [3.05, 3.63) is 42.4 Å². The molecule has 2 fully saturated rings. The topological polar surface area (TPSA) is 125 Å². The molecule has 10 nitrogen and oxygen atoms in total. The Hall–Kier alpha value is -3.84. The van der Waals surface area contributed by atoms with Crippen molar-refractivity contribution < 1.29 is 19.4 Å². The summed E-state index contributed by atoms with van der Waals surface area (Å²) in [6.07, 6.45) is 6.51. The smallest absolute Gasteiger partial charge is 0.408 e. The predicted octanol–water partition coefficient (Wildman–Crippen LogP) is 4.55. The number of nitrogens with zero attached hydrogens (tertiary/aromatic N) is 5. The first-order valence-corrected chi connectivity index (χ1v) is 13.7. The highest BCUT2D eigenvalue weighted by molar-refractivity contribution is 5.85. The highest BCUT2D eigenvalue weighted by Gasteiger charge is 2.48. The van der Waals surface area contributed by atoms with Gasteiger partial charge in [0, 0.05) is 36.0 Å². The molecule has 1 saturated carbocycles. The molecule has 3 aromatic heterocycles. The van der Waals surface area contributed by atoms with E-state index in [0.717, 1.165) is 42.9 Å². The molecule has 0 radical (unpaired) electrons. The van der Waals surface area contributed by atoms with Gasteiger partial charge in [-0.1, -0.05) is 0 Å². The lowest BCUT2D eigenvalue weighted by molar-refractivity contribution is 0.0283. The third-order valence-electron chi connectivity index (χ3n) is 7.49. The Kier molecular flexibility index (Phi) is 6.91. The van der Waals surface area contributed by atoms with Gasteiger partial charge in [0.1, 0.15) is 29.8 Å². The van der Waals surface area contributed by atoms with Crippen LogP contribution in [0.15, 0.2) is 36.8 Å². The molecule has 212 valence electrons. The first-order valence-electron chi connectivity index (χ1n) is 13.7. The zero-order valence-electron chi connectivity index (χ0n) is 24.1. The number of hydrogen-bond donors (Lipinski definition) is 2. The number of anilines is 1. The van der Waals surface area contributed by atoms with Crippen molar-refractivity contribution in [1.82, 2.24) is 19.9 Å². The molecular weight excluding hydrogens is 508 g/mol. The van der Waals surface area contributed by atoms with Gasteiger partial charge < -0.3 is 24.8 Å². The van der Waals surface area contributed by atoms with Crippen LogP contribution in [0.3, 0.4) is 0 Å². The number of aromatic nitrogens is 3. The Morgan fingerprint density at radius 1 is 1.20 bits per heavy atom. The van der Waals surface area contributed by atoms with Crippen LogP contribution in [0.1, 0.15) is 59.9 Å². The zero-order chi connectivity index (χ0) is 28.9. The minimum atomic E-state index is -0.989. The molecule has 2 N–H and O–H groups in total. The van der Waals surface area contributed by atoms with E-state index in [4.69, 9.17) is 14.5 Å². The molecule has 5 rings (SSSR count). The quantitative estimate of drug-likeness (QED) is 0.461. The molecule has 2 aliphatic rings. The molecule has 1 aliphatic heterocycles. The summed E-state index contributed by atoms with van der Waals surface area (Å²) in [7, 11) is 0. The van der Waals surface area contributed by atoms with Gasteiger partial charge in [0.05, 0.1) is 29.1 Å². The second-order valence-corrected chi connectivity index (χ2v) is 13.1. The van der Waals surface area contributed by atoms with E-state index in [0.29, 0.717) is 28.7 Å². The normalized spacial score (nSPS) is 22.7. The number of ether oxygens (including phenoxy) is 2. The Morgan fingerprint density at radius 3 is 2.48 bits per heavy atom. The van der Waals surface area contributed by atoms with E-state index in [1.165, 1.54) is 6.20 Å². The Balaban J connectivity index is 1.31. The van der Waals surface area contributed by atoms with Gasteiger partial charge in [-0.15, -0.1) is 0 Å². The number of hydrogen-bond acceptors (Lipinski definition) is 8. The van der Waals surface area contributed by atoms with Crippen LogP contribution in [0.25, 0.3) is 16.6 Å². The molecule has 1 aliphatic carbocycles. The van der Waals surface area contributed by atoms with Crippen molar-refractivity contribution in [2.75, 3.05) is 24.6 Å². The minimum absolute atomic E-state index is 0.116. The number of carbonyl (C=O) groups is 1. The van der Waals surface area contributed by atoms with Crippen molar-refractivity contribution in [2.24, 2.45) is 11.8 Å². The summed E-state index contributed by atoms with van der Waals surface area (Å²) in [5.74, 6) is 2.38. The number of nitriles is 1. The summed E-state index contributed by atoms with van der Waals surface area (Å²) in [6.45, 7) is 13.0. The summed E-state index contributed by atoms with van der Waals surface area (Å²) in [6, 6.07) is 8.10. The predicted molar refractivity (Wildman–Crippen MR) is 151 cm³/mol. The lowest BCUT2D eigenvalue weighted by Crippen LogP contribution is -2.47. The first kappa shape index (κ1) is 27.7. The van der Waals surface area contributed by atoms with Gasteiger partial charge in [0.2, 0.25) is 0 Å². The third kappa shape index (κ3) is 5.99. The third-order valence-corrected chi connectivity index (χ3v) is 7.49. The average molecular weight is 547 g/mol. The molecule has 3 aromatic rings. The van der Waals surface area contributed by atoms with Gasteiger partial charge in [-0.2, -0.15) is 10.4 Å². The first-order chi connectivity index (χ1) is 18.7. The Morgan fingerprint density at radius 2 is 1.90 bits per heavy atom. The van der Waals surface area contributed by atoms with Gasteiger partial charge >= 0.3 is 6.09 Å². The monoisotopic (exact) mass is 546 g/mol. The van der Waals surface area contributed by atoms with Gasteiger partial charge in [0.25, 0.3) is 0 Å². The molecule has 0 bridgehead atoms. The molecule has 0 spiro atoms. The maximum Gasteiger partial charge on any atom is 0.408 e. The Bertz CT molecular complexity index is 1430. The van der Waals surface area contributed by atoms with E-state index in [2.05, 4.69) is 28.3 Å². The van der Waals surface area contributed by atoms with Crippen molar-refractivity contribution >= 4 is 17.4 Å². The SMILES string of the molecule is CC(C)(O)COc1cc(-c2ccc(N3C[C@@H]4CC(C)(NC(=O)OC(C)(C)C)C[C@@H]4C3)nc2)c2c(C#N)cnn2c1. The van der Waals surface area contributed by atoms with Gasteiger partial charge in [-0.05, 0) is 84.4 Å². The summed E-state index contributed by atoms with van der Waals surface area (Å²) < 4.78 is 13.0. The minimum Gasteiger partial charge on any atom is -0.489 e. The van der Waals surface area contributed by atoms with Gasteiger partial charge in [-0.3, -0.25) is 0 Å². The number of nitrogens with one attached hydrogen (secondary N) is 1. The van der Waals surface area contributed by atoms with Crippen LogP contribution >= 0.6 is 0 Å². The fraction of sp³-hybridized carbons (Fsp3) is 0.533. The number of amides is 1. The van der Waals surface area contributed by atoms with E-state index in [-0.39, 0.29) is 18.2 Å². The second-order valence-electron chi connectivity index (χ2n) is 13.1. The van der Waals surface area contributed by atoms with Crippen LogP contribution in [0.5, 0.6) is 5.75 Å². The number of aliphatic hydroxyl groups is 1. The number of pyridine rings is 2. The second kappa shape index (κ2) is 9.97. The standard InChI is InChI=1S/C30H38N6O4/c1-28(2,3)40-27(37)34-30(6)10-20-15-35(16-21(20)11-30)25-8-7-19(13-32-25)24-9-23(39-18-29(4,5)38)17-36-26(24)22(12-31)14-33-36/h7-9,13-14,17,20-21,38H,10-11,15-16,18H2,1-6H3,(H,34,37)/t20-,21+,30?. The summed E-state index contributed by atoms with van der Waals surface area (Å²) >= 11 is 0. The number of alkyl carbamates (subject to hydrolysis) is 1. The van der Waals surface area contributed by atoms with Crippen molar-refractivity contribution in [3.63, 3.8) is 0 Å². The largest absolute Gasteiger partial charge is 0.489 e. The fourth-order valence-corrected chi connectivity index (χ4v) is 5.95. The fourth-order valence-electron chi connectivity index (χ4n) is 5.95. The van der Waals surface area contributed by atoms with Crippen molar-refractivity contribution in [2.45, 2.75) is 71.1 Å². The van der Waals surface area contributed by atoms with Crippen LogP contribution in [-0.4, -0.2) is 62.2 Å². The number of rotatable bonds is 6. The summed E-state index contributed by atoms with van der Waals surface area (Å²) in [5.41, 5.74) is 0.987. The number of carbonyl (C=O) groups excluding carboxylic acids is 1. The molecule has 1 amide bonds. The highest BCUT2D eigenvalue weighted by atomic mass is 16.6. The average Bonchev–Trinajstić information content (AvgIpc) is 3.51. The van der Waals surface area contributed by atoms with Crippen molar-refractivity contribution in [3.8, 4) is 22.9 Å². The molecule has 1 unspecified atom stereocenters.